The summed E-state index contributed by atoms with van der Waals surface area (Å²) in [6.45, 7) is 4.73. The molecule has 1 saturated heterocycles. The molecule has 2 heterocycles. The largest absolute Gasteiger partial charge is 0.353 e. The Balaban J connectivity index is 1.95. The number of hydrogen-bond acceptors (Lipinski definition) is 3. The fourth-order valence-corrected chi connectivity index (χ4v) is 4.80. The third-order valence-electron chi connectivity index (χ3n) is 5.13. The first kappa shape index (κ1) is 17.2. The van der Waals surface area contributed by atoms with E-state index in [-0.39, 0.29) is 17.5 Å². The molecule has 3 nitrogen and oxygen atoms in total. The Labute approximate surface area is 148 Å². The second kappa shape index (κ2) is 7.08. The lowest BCUT2D eigenvalue weighted by atomic mass is 9.78. The quantitative estimate of drug-likeness (QED) is 0.918. The molecule has 1 fully saturated rings. The summed E-state index contributed by atoms with van der Waals surface area (Å²) in [4.78, 5) is 15.4. The molecule has 24 heavy (non-hydrogen) atoms. The summed E-state index contributed by atoms with van der Waals surface area (Å²) in [7, 11) is 2.22. The van der Waals surface area contributed by atoms with Gasteiger partial charge in [-0.05, 0) is 50.2 Å². The SMILES string of the molecule is CC(=O)NC1CCN(C)C(Cc2ccc(C)cc2)(c2cccs2)C1. The average Bonchev–Trinajstić information content (AvgIpc) is 3.07. The van der Waals surface area contributed by atoms with Gasteiger partial charge in [-0.25, -0.2) is 0 Å². The van der Waals surface area contributed by atoms with E-state index in [9.17, 15) is 4.79 Å². The summed E-state index contributed by atoms with van der Waals surface area (Å²) in [6.07, 6.45) is 2.94. The minimum Gasteiger partial charge on any atom is -0.353 e. The molecule has 2 atom stereocenters. The lowest BCUT2D eigenvalue weighted by Crippen LogP contribution is -2.55. The van der Waals surface area contributed by atoms with Crippen molar-refractivity contribution in [3.05, 3.63) is 57.8 Å². The van der Waals surface area contributed by atoms with Crippen molar-refractivity contribution in [3.63, 3.8) is 0 Å². The molecule has 0 aliphatic carbocycles. The van der Waals surface area contributed by atoms with Gasteiger partial charge < -0.3 is 5.32 Å². The van der Waals surface area contributed by atoms with Crippen molar-refractivity contribution < 1.29 is 4.79 Å². The molecule has 1 aliphatic heterocycles. The molecule has 0 spiro atoms. The number of likely N-dealkylation sites (N-methyl/N-ethyl adjacent to an activating group) is 1. The summed E-state index contributed by atoms with van der Waals surface area (Å²) < 4.78 is 0. The summed E-state index contributed by atoms with van der Waals surface area (Å²) in [5.74, 6) is 0.0694. The molecule has 1 N–H and O–H groups in total. The van der Waals surface area contributed by atoms with Gasteiger partial charge in [0.2, 0.25) is 5.91 Å². The van der Waals surface area contributed by atoms with Crippen LogP contribution >= 0.6 is 11.3 Å². The van der Waals surface area contributed by atoms with Crippen LogP contribution in [0, 0.1) is 6.92 Å². The van der Waals surface area contributed by atoms with Crippen molar-refractivity contribution in [3.8, 4) is 0 Å². The third kappa shape index (κ3) is 3.55. The number of thiophene rings is 1. The highest BCUT2D eigenvalue weighted by Crippen LogP contribution is 2.41. The van der Waals surface area contributed by atoms with Gasteiger partial charge in [-0.1, -0.05) is 35.9 Å². The Hall–Kier alpha value is -1.65. The molecule has 4 heteroatoms. The van der Waals surface area contributed by atoms with Crippen LogP contribution in [0.2, 0.25) is 0 Å². The number of hydrogen-bond donors (Lipinski definition) is 1. The second-order valence-corrected chi connectivity index (χ2v) is 7.93. The van der Waals surface area contributed by atoms with Crippen molar-refractivity contribution in [2.24, 2.45) is 0 Å². The predicted molar refractivity (Wildman–Crippen MR) is 100 cm³/mol. The van der Waals surface area contributed by atoms with Crippen LogP contribution in [0.1, 0.15) is 35.8 Å². The zero-order valence-corrected chi connectivity index (χ0v) is 15.5. The molecule has 0 saturated carbocycles. The number of piperidine rings is 1. The van der Waals surface area contributed by atoms with Crippen LogP contribution in [0.5, 0.6) is 0 Å². The molecule has 1 amide bonds. The average molecular weight is 343 g/mol. The first-order valence-electron chi connectivity index (χ1n) is 8.57. The highest BCUT2D eigenvalue weighted by molar-refractivity contribution is 7.10. The highest BCUT2D eigenvalue weighted by Gasteiger charge is 2.43. The molecule has 2 unspecified atom stereocenters. The van der Waals surface area contributed by atoms with E-state index < -0.39 is 0 Å². The fourth-order valence-electron chi connectivity index (χ4n) is 3.81. The number of carbonyl (C=O) groups is 1. The van der Waals surface area contributed by atoms with Crippen molar-refractivity contribution >= 4 is 17.2 Å². The predicted octanol–water partition coefficient (Wildman–Crippen LogP) is 3.72. The van der Waals surface area contributed by atoms with Crippen LogP contribution in [0.3, 0.4) is 0 Å². The smallest absolute Gasteiger partial charge is 0.217 e. The van der Waals surface area contributed by atoms with Gasteiger partial charge >= 0.3 is 0 Å². The van der Waals surface area contributed by atoms with Gasteiger partial charge in [0.15, 0.2) is 0 Å². The van der Waals surface area contributed by atoms with Crippen molar-refractivity contribution in [2.45, 2.75) is 44.7 Å². The van der Waals surface area contributed by atoms with Gasteiger partial charge in [-0.2, -0.15) is 0 Å². The monoisotopic (exact) mass is 342 g/mol. The lowest BCUT2D eigenvalue weighted by molar-refractivity contribution is -0.120. The Morgan fingerprint density at radius 2 is 2.08 bits per heavy atom. The van der Waals surface area contributed by atoms with E-state index in [0.29, 0.717) is 0 Å². The fraction of sp³-hybridized carbons (Fsp3) is 0.450. The van der Waals surface area contributed by atoms with E-state index >= 15 is 0 Å². The summed E-state index contributed by atoms with van der Waals surface area (Å²) >= 11 is 1.82. The summed E-state index contributed by atoms with van der Waals surface area (Å²) in [6, 6.07) is 13.5. The topological polar surface area (TPSA) is 32.3 Å². The maximum absolute atomic E-state index is 11.6. The van der Waals surface area contributed by atoms with Gasteiger partial charge in [0, 0.05) is 24.4 Å². The molecule has 1 aliphatic rings. The maximum Gasteiger partial charge on any atom is 0.217 e. The number of nitrogens with one attached hydrogen (secondary N) is 1. The van der Waals surface area contributed by atoms with Crippen LogP contribution < -0.4 is 5.32 Å². The normalized spacial score (nSPS) is 24.7. The molecule has 0 radical (unpaired) electrons. The van der Waals surface area contributed by atoms with Crippen molar-refractivity contribution in [1.82, 2.24) is 10.2 Å². The molecule has 2 aromatic rings. The Morgan fingerprint density at radius 3 is 2.71 bits per heavy atom. The number of rotatable bonds is 4. The molecular weight excluding hydrogens is 316 g/mol. The standard InChI is InChI=1S/C20H26N2OS/c1-15-6-8-17(9-7-15)13-20(19-5-4-12-24-19)14-18(21-16(2)23)10-11-22(20)3/h4-9,12,18H,10-11,13-14H2,1-3H3,(H,21,23). The summed E-state index contributed by atoms with van der Waals surface area (Å²) in [5.41, 5.74) is 2.59. The number of amides is 1. The van der Waals surface area contributed by atoms with Gasteiger partial charge in [-0.3, -0.25) is 9.69 Å². The Kier molecular flexibility index (Phi) is 5.07. The van der Waals surface area contributed by atoms with E-state index in [1.165, 1.54) is 16.0 Å². The van der Waals surface area contributed by atoms with Crippen LogP contribution in [0.4, 0.5) is 0 Å². The first-order valence-corrected chi connectivity index (χ1v) is 9.45. The molecule has 128 valence electrons. The van der Waals surface area contributed by atoms with Gasteiger partial charge in [0.1, 0.15) is 0 Å². The molecule has 1 aromatic carbocycles. The van der Waals surface area contributed by atoms with E-state index in [1.807, 2.05) is 11.3 Å². The minimum absolute atomic E-state index is 0.0468. The van der Waals surface area contributed by atoms with E-state index in [1.54, 1.807) is 6.92 Å². The number of carbonyl (C=O) groups excluding carboxylic acids is 1. The van der Waals surface area contributed by atoms with Crippen LogP contribution in [0.15, 0.2) is 41.8 Å². The van der Waals surface area contributed by atoms with Gasteiger partial charge in [0.25, 0.3) is 0 Å². The highest BCUT2D eigenvalue weighted by atomic mass is 32.1. The number of aryl methyl sites for hydroxylation is 1. The van der Waals surface area contributed by atoms with E-state index in [0.717, 1.165) is 25.8 Å². The molecule has 1 aromatic heterocycles. The van der Waals surface area contributed by atoms with Crippen molar-refractivity contribution in [2.75, 3.05) is 13.6 Å². The lowest BCUT2D eigenvalue weighted by Gasteiger charge is -2.48. The third-order valence-corrected chi connectivity index (χ3v) is 6.20. The zero-order valence-electron chi connectivity index (χ0n) is 14.7. The summed E-state index contributed by atoms with van der Waals surface area (Å²) in [5, 5.41) is 5.31. The number of likely N-dealkylation sites (tertiary alicyclic amines) is 1. The number of benzene rings is 1. The molecular formula is C20H26N2OS. The first-order chi connectivity index (χ1) is 11.5. The van der Waals surface area contributed by atoms with E-state index in [4.69, 9.17) is 0 Å². The zero-order chi connectivity index (χ0) is 17.2. The molecule has 0 bridgehead atoms. The number of nitrogens with zero attached hydrogens (tertiary/aromatic N) is 1. The Morgan fingerprint density at radius 1 is 1.33 bits per heavy atom. The van der Waals surface area contributed by atoms with Crippen LogP contribution in [0.25, 0.3) is 0 Å². The van der Waals surface area contributed by atoms with Gasteiger partial charge in [0.05, 0.1) is 5.54 Å². The van der Waals surface area contributed by atoms with Crippen LogP contribution in [-0.4, -0.2) is 30.4 Å². The Bertz CT molecular complexity index is 680. The van der Waals surface area contributed by atoms with Gasteiger partial charge in [-0.15, -0.1) is 11.3 Å². The second-order valence-electron chi connectivity index (χ2n) is 6.98. The minimum atomic E-state index is -0.0468. The van der Waals surface area contributed by atoms with Crippen LogP contribution in [-0.2, 0) is 16.8 Å². The molecule has 3 rings (SSSR count). The van der Waals surface area contributed by atoms with Crippen molar-refractivity contribution in [1.29, 1.82) is 0 Å². The van der Waals surface area contributed by atoms with E-state index in [2.05, 4.69) is 66.0 Å². The maximum atomic E-state index is 11.6.